The Morgan fingerprint density at radius 2 is 2.00 bits per heavy atom. The van der Waals surface area contributed by atoms with Crippen LogP contribution in [0, 0.1) is 11.8 Å². The van der Waals surface area contributed by atoms with Crippen LogP contribution in [0.2, 0.25) is 0 Å². The van der Waals surface area contributed by atoms with Crippen LogP contribution in [0.1, 0.15) is 39.0 Å². The molecule has 2 aliphatic rings. The minimum Gasteiger partial charge on any atom is -0.274 e. The minimum atomic E-state index is -3.39. The van der Waals surface area contributed by atoms with E-state index in [1.807, 2.05) is 0 Å². The fourth-order valence-electron chi connectivity index (χ4n) is 3.84. The van der Waals surface area contributed by atoms with Crippen molar-refractivity contribution in [2.24, 2.45) is 18.9 Å². The third-order valence-corrected chi connectivity index (χ3v) is 6.85. The lowest BCUT2D eigenvalue weighted by Crippen LogP contribution is -2.52. The van der Waals surface area contributed by atoms with E-state index in [0.29, 0.717) is 23.3 Å². The van der Waals surface area contributed by atoms with Gasteiger partial charge >= 0.3 is 0 Å². The van der Waals surface area contributed by atoms with Gasteiger partial charge in [0.05, 0.1) is 6.20 Å². The third-order valence-electron chi connectivity index (χ3n) is 4.97. The molecule has 0 aromatic carbocycles. The molecule has 3 atom stereocenters. The molecule has 0 N–H and O–H groups in total. The van der Waals surface area contributed by atoms with E-state index in [1.54, 1.807) is 22.2 Å². The smallest absolute Gasteiger partial charge is 0.246 e. The van der Waals surface area contributed by atoms with Gasteiger partial charge in [-0.3, -0.25) is 4.68 Å². The van der Waals surface area contributed by atoms with E-state index in [9.17, 15) is 8.42 Å². The van der Waals surface area contributed by atoms with Gasteiger partial charge in [-0.2, -0.15) is 9.40 Å². The van der Waals surface area contributed by atoms with Gasteiger partial charge in [-0.25, -0.2) is 8.42 Å². The molecule has 2 fully saturated rings. The minimum absolute atomic E-state index is 0.192. The van der Waals surface area contributed by atoms with Crippen molar-refractivity contribution >= 4 is 10.0 Å². The van der Waals surface area contributed by atoms with E-state index in [4.69, 9.17) is 0 Å². The molecule has 0 radical (unpaired) electrons. The molecule has 0 bridgehead atoms. The lowest BCUT2D eigenvalue weighted by atomic mass is 9.74. The Morgan fingerprint density at radius 3 is 2.70 bits per heavy atom. The van der Waals surface area contributed by atoms with Crippen LogP contribution in [-0.4, -0.2) is 35.1 Å². The van der Waals surface area contributed by atoms with Crippen LogP contribution >= 0.6 is 0 Å². The van der Waals surface area contributed by atoms with E-state index in [-0.39, 0.29) is 6.04 Å². The number of aryl methyl sites for hydroxylation is 1. The zero-order valence-corrected chi connectivity index (χ0v) is 13.0. The highest BCUT2D eigenvalue weighted by Crippen LogP contribution is 2.40. The average molecular weight is 297 g/mol. The van der Waals surface area contributed by atoms with Gasteiger partial charge in [0.2, 0.25) is 10.0 Å². The standard InChI is InChI=1S/C14H23N3O2S/c1-11-7-8-17(14-6-4-3-5-13(11)14)20(18,19)12-9-15-16(2)10-12/h9-11,13-14H,3-8H2,1-2H3/t11-,13-,14+/m1/s1. The molecule has 3 rings (SSSR count). The molecule has 1 saturated heterocycles. The van der Waals surface area contributed by atoms with Crippen molar-refractivity contribution in [1.29, 1.82) is 0 Å². The molecule has 1 aromatic heterocycles. The second-order valence-corrected chi connectivity index (χ2v) is 8.14. The van der Waals surface area contributed by atoms with Gasteiger partial charge < -0.3 is 0 Å². The number of fused-ring (bicyclic) bond motifs is 1. The number of hydrogen-bond donors (Lipinski definition) is 0. The summed E-state index contributed by atoms with van der Waals surface area (Å²) in [6, 6.07) is 0.192. The number of piperidine rings is 1. The SMILES string of the molecule is C[C@@H]1CCN(S(=O)(=O)c2cnn(C)c2)[C@H]2CCCC[C@H]12. The number of sulfonamides is 1. The van der Waals surface area contributed by atoms with Crippen molar-refractivity contribution in [2.45, 2.75) is 50.0 Å². The number of nitrogens with zero attached hydrogens (tertiary/aromatic N) is 3. The van der Waals surface area contributed by atoms with E-state index in [1.165, 1.54) is 19.0 Å². The van der Waals surface area contributed by atoms with Crippen LogP contribution in [0.4, 0.5) is 0 Å². The van der Waals surface area contributed by atoms with Crippen LogP contribution in [0.5, 0.6) is 0 Å². The van der Waals surface area contributed by atoms with Crippen LogP contribution in [0.3, 0.4) is 0 Å². The van der Waals surface area contributed by atoms with Crippen LogP contribution in [-0.2, 0) is 17.1 Å². The molecule has 1 saturated carbocycles. The first-order chi connectivity index (χ1) is 9.50. The summed E-state index contributed by atoms with van der Waals surface area (Å²) in [4.78, 5) is 0.332. The molecule has 0 unspecified atom stereocenters. The van der Waals surface area contributed by atoms with Gasteiger partial charge in [0.25, 0.3) is 0 Å². The molecule has 0 amide bonds. The van der Waals surface area contributed by atoms with Crippen molar-refractivity contribution in [1.82, 2.24) is 14.1 Å². The third kappa shape index (κ3) is 2.29. The molecule has 0 spiro atoms. The van der Waals surface area contributed by atoms with Crippen molar-refractivity contribution < 1.29 is 8.42 Å². The molecule has 1 aliphatic carbocycles. The van der Waals surface area contributed by atoms with Gasteiger partial charge in [-0.15, -0.1) is 0 Å². The zero-order chi connectivity index (χ0) is 14.3. The van der Waals surface area contributed by atoms with E-state index in [2.05, 4.69) is 12.0 Å². The first kappa shape index (κ1) is 14.1. The maximum absolute atomic E-state index is 12.8. The molecule has 5 nitrogen and oxygen atoms in total. The summed E-state index contributed by atoms with van der Waals surface area (Å²) in [7, 11) is -1.63. The van der Waals surface area contributed by atoms with Crippen LogP contribution in [0.15, 0.2) is 17.3 Å². The largest absolute Gasteiger partial charge is 0.274 e. The Labute approximate surface area is 121 Å². The van der Waals surface area contributed by atoms with Crippen LogP contribution in [0.25, 0.3) is 0 Å². The van der Waals surface area contributed by atoms with Gasteiger partial charge in [-0.05, 0) is 31.1 Å². The zero-order valence-electron chi connectivity index (χ0n) is 12.2. The molecule has 2 heterocycles. The summed E-state index contributed by atoms with van der Waals surface area (Å²) in [5.41, 5.74) is 0. The van der Waals surface area contributed by atoms with Gasteiger partial charge in [0.1, 0.15) is 4.90 Å². The number of rotatable bonds is 2. The first-order valence-corrected chi connectivity index (χ1v) is 8.94. The van der Waals surface area contributed by atoms with E-state index in [0.717, 1.165) is 19.3 Å². The summed E-state index contributed by atoms with van der Waals surface area (Å²) in [6.45, 7) is 2.93. The van der Waals surface area contributed by atoms with Crippen molar-refractivity contribution in [3.8, 4) is 0 Å². The molecular weight excluding hydrogens is 274 g/mol. The fourth-order valence-corrected chi connectivity index (χ4v) is 5.54. The first-order valence-electron chi connectivity index (χ1n) is 7.50. The number of hydrogen-bond acceptors (Lipinski definition) is 3. The maximum Gasteiger partial charge on any atom is 0.246 e. The molecule has 1 aliphatic heterocycles. The Balaban J connectivity index is 1.92. The molecule has 112 valence electrons. The van der Waals surface area contributed by atoms with Crippen molar-refractivity contribution in [3.63, 3.8) is 0 Å². The summed E-state index contributed by atoms with van der Waals surface area (Å²) in [6.07, 6.45) is 8.61. The molecular formula is C14H23N3O2S. The van der Waals surface area contributed by atoms with Gasteiger partial charge in [0, 0.05) is 25.8 Å². The molecule has 20 heavy (non-hydrogen) atoms. The normalized spacial score (nSPS) is 32.0. The lowest BCUT2D eigenvalue weighted by Gasteiger charge is -2.46. The highest BCUT2D eigenvalue weighted by molar-refractivity contribution is 7.89. The maximum atomic E-state index is 12.8. The lowest BCUT2D eigenvalue weighted by molar-refractivity contribution is 0.0827. The second kappa shape index (κ2) is 5.15. The Hall–Kier alpha value is -0.880. The number of aromatic nitrogens is 2. The predicted molar refractivity (Wildman–Crippen MR) is 76.6 cm³/mol. The Bertz CT molecular complexity index is 581. The van der Waals surface area contributed by atoms with Crippen molar-refractivity contribution in [3.05, 3.63) is 12.4 Å². The predicted octanol–water partition coefficient (Wildman–Crippen LogP) is 2.01. The Kier molecular flexibility index (Phi) is 3.62. The van der Waals surface area contributed by atoms with E-state index >= 15 is 0 Å². The van der Waals surface area contributed by atoms with Crippen molar-refractivity contribution in [2.75, 3.05) is 6.54 Å². The second-order valence-electron chi connectivity index (χ2n) is 6.25. The topological polar surface area (TPSA) is 55.2 Å². The molecule has 1 aromatic rings. The summed E-state index contributed by atoms with van der Waals surface area (Å²) in [5, 5.41) is 4.01. The average Bonchev–Trinajstić information content (AvgIpc) is 2.87. The quantitative estimate of drug-likeness (QED) is 0.839. The highest BCUT2D eigenvalue weighted by Gasteiger charge is 2.43. The van der Waals surface area contributed by atoms with Gasteiger partial charge in [0.15, 0.2) is 0 Å². The summed E-state index contributed by atoms with van der Waals surface area (Å²) in [5.74, 6) is 1.17. The van der Waals surface area contributed by atoms with Crippen LogP contribution < -0.4 is 0 Å². The Morgan fingerprint density at radius 1 is 1.25 bits per heavy atom. The highest BCUT2D eigenvalue weighted by atomic mass is 32.2. The molecule has 6 heteroatoms. The fraction of sp³-hybridized carbons (Fsp3) is 0.786. The monoisotopic (exact) mass is 297 g/mol. The van der Waals surface area contributed by atoms with E-state index < -0.39 is 10.0 Å². The summed E-state index contributed by atoms with van der Waals surface area (Å²) >= 11 is 0. The van der Waals surface area contributed by atoms with Gasteiger partial charge in [-0.1, -0.05) is 19.8 Å². The summed E-state index contributed by atoms with van der Waals surface area (Å²) < 4.78 is 29.0.